The molecular formula is C15H28N2O4. The molecule has 1 aliphatic carbocycles. The summed E-state index contributed by atoms with van der Waals surface area (Å²) in [6.07, 6.45) is 3.08. The predicted molar refractivity (Wildman–Crippen MR) is 80.2 cm³/mol. The van der Waals surface area contributed by atoms with Gasteiger partial charge in [-0.05, 0) is 30.1 Å². The lowest BCUT2D eigenvalue weighted by atomic mass is 9.85. The minimum atomic E-state index is -0.908. The lowest BCUT2D eigenvalue weighted by Gasteiger charge is -2.30. The molecule has 6 heteroatoms. The van der Waals surface area contributed by atoms with Gasteiger partial charge in [0.25, 0.3) is 0 Å². The molecule has 0 saturated heterocycles. The third-order valence-electron chi connectivity index (χ3n) is 4.15. The molecule has 21 heavy (non-hydrogen) atoms. The van der Waals surface area contributed by atoms with E-state index in [1.807, 2.05) is 20.8 Å². The number of carbonyl (C=O) groups excluding carboxylic acids is 1. The molecule has 0 aliphatic heterocycles. The molecule has 0 aromatic heterocycles. The summed E-state index contributed by atoms with van der Waals surface area (Å²) in [5, 5.41) is 14.6. The Bertz CT molecular complexity index is 372. The molecule has 0 aromatic rings. The second-order valence-electron chi connectivity index (χ2n) is 7.09. The zero-order valence-electron chi connectivity index (χ0n) is 13.5. The molecule has 0 aromatic carbocycles. The minimum Gasteiger partial charge on any atom is -0.481 e. The van der Waals surface area contributed by atoms with E-state index in [1.54, 1.807) is 7.11 Å². The zero-order chi connectivity index (χ0) is 16.1. The van der Waals surface area contributed by atoms with Crippen molar-refractivity contribution in [2.45, 2.75) is 52.5 Å². The van der Waals surface area contributed by atoms with Gasteiger partial charge in [-0.25, -0.2) is 4.79 Å². The first-order valence-corrected chi connectivity index (χ1v) is 7.44. The highest BCUT2D eigenvalue weighted by Gasteiger charge is 2.42. The maximum Gasteiger partial charge on any atom is 0.315 e. The van der Waals surface area contributed by atoms with E-state index in [1.165, 1.54) is 0 Å². The van der Waals surface area contributed by atoms with Crippen LogP contribution in [0, 0.1) is 10.8 Å². The monoisotopic (exact) mass is 300 g/mol. The van der Waals surface area contributed by atoms with Crippen molar-refractivity contribution in [2.75, 3.05) is 20.3 Å². The lowest BCUT2D eigenvalue weighted by Crippen LogP contribution is -2.50. The number of ether oxygens (including phenoxy) is 1. The zero-order valence-corrected chi connectivity index (χ0v) is 13.5. The van der Waals surface area contributed by atoms with Crippen molar-refractivity contribution >= 4 is 12.0 Å². The molecule has 122 valence electrons. The van der Waals surface area contributed by atoms with Gasteiger partial charge in [-0.15, -0.1) is 0 Å². The van der Waals surface area contributed by atoms with Crippen molar-refractivity contribution in [1.82, 2.24) is 10.6 Å². The fourth-order valence-corrected chi connectivity index (χ4v) is 2.24. The van der Waals surface area contributed by atoms with Gasteiger partial charge in [-0.2, -0.15) is 0 Å². The number of methoxy groups -OCH3 is 1. The number of aliphatic carboxylic acids is 1. The summed E-state index contributed by atoms with van der Waals surface area (Å²) in [5.74, 6) is -0.908. The Hall–Kier alpha value is -1.30. The Morgan fingerprint density at radius 2 is 1.95 bits per heavy atom. The van der Waals surface area contributed by atoms with Crippen LogP contribution < -0.4 is 10.6 Å². The number of hydrogen-bond donors (Lipinski definition) is 3. The highest BCUT2D eigenvalue weighted by atomic mass is 16.5. The van der Waals surface area contributed by atoms with Crippen LogP contribution in [-0.4, -0.2) is 43.4 Å². The molecule has 2 amide bonds. The highest BCUT2D eigenvalue weighted by Crippen LogP contribution is 2.48. The van der Waals surface area contributed by atoms with Crippen molar-refractivity contribution in [3.8, 4) is 0 Å². The van der Waals surface area contributed by atoms with Crippen molar-refractivity contribution in [1.29, 1.82) is 0 Å². The second-order valence-corrected chi connectivity index (χ2v) is 7.09. The van der Waals surface area contributed by atoms with Gasteiger partial charge < -0.3 is 20.5 Å². The largest absolute Gasteiger partial charge is 0.481 e. The number of urea groups is 1. The van der Waals surface area contributed by atoms with Crippen LogP contribution in [0.5, 0.6) is 0 Å². The Balaban J connectivity index is 2.42. The molecule has 6 nitrogen and oxygen atoms in total. The molecule has 3 N–H and O–H groups in total. The molecule has 0 spiro atoms. The normalized spacial score (nSPS) is 17.9. The smallest absolute Gasteiger partial charge is 0.315 e. The van der Waals surface area contributed by atoms with Crippen LogP contribution in [0.4, 0.5) is 4.79 Å². The van der Waals surface area contributed by atoms with E-state index in [9.17, 15) is 9.59 Å². The number of hydrogen-bond acceptors (Lipinski definition) is 3. The number of carboxylic acid groups (broad SMARTS) is 1. The topological polar surface area (TPSA) is 87.7 Å². The molecule has 0 bridgehead atoms. The van der Waals surface area contributed by atoms with E-state index in [0.717, 1.165) is 19.3 Å². The van der Waals surface area contributed by atoms with Gasteiger partial charge in [0.05, 0.1) is 6.42 Å². The summed E-state index contributed by atoms with van der Waals surface area (Å²) in [4.78, 5) is 22.9. The standard InChI is InChI=1S/C15H28N2O4/c1-14(2,3)11(9-12(18)19)17-13(20)16-10-15(5-6-15)7-8-21-4/h11H,5-10H2,1-4H3,(H,18,19)(H2,16,17,20). The Morgan fingerprint density at radius 1 is 1.33 bits per heavy atom. The third-order valence-corrected chi connectivity index (χ3v) is 4.15. The average molecular weight is 300 g/mol. The Labute approximate surface area is 126 Å². The lowest BCUT2D eigenvalue weighted by molar-refractivity contribution is -0.138. The first-order chi connectivity index (χ1) is 9.68. The number of nitrogens with one attached hydrogen (secondary N) is 2. The van der Waals surface area contributed by atoms with Gasteiger partial charge in [-0.3, -0.25) is 4.79 Å². The fraction of sp³-hybridized carbons (Fsp3) is 0.867. The number of carboxylic acids is 1. The molecular weight excluding hydrogens is 272 g/mol. The van der Waals surface area contributed by atoms with E-state index in [0.29, 0.717) is 13.2 Å². The van der Waals surface area contributed by atoms with Gasteiger partial charge >= 0.3 is 12.0 Å². The van der Waals surface area contributed by atoms with E-state index in [-0.39, 0.29) is 23.3 Å². The summed E-state index contributed by atoms with van der Waals surface area (Å²) >= 11 is 0. The summed E-state index contributed by atoms with van der Waals surface area (Å²) in [6, 6.07) is -0.691. The molecule has 1 rings (SSSR count). The van der Waals surface area contributed by atoms with Crippen LogP contribution in [0.3, 0.4) is 0 Å². The molecule has 1 fully saturated rings. The Morgan fingerprint density at radius 3 is 2.38 bits per heavy atom. The van der Waals surface area contributed by atoms with Crippen LogP contribution in [0.2, 0.25) is 0 Å². The first-order valence-electron chi connectivity index (χ1n) is 7.44. The number of rotatable bonds is 8. The van der Waals surface area contributed by atoms with Gasteiger partial charge in [0.15, 0.2) is 0 Å². The SMILES string of the molecule is COCCC1(CNC(=O)NC(CC(=O)O)C(C)(C)C)CC1. The van der Waals surface area contributed by atoms with Crippen LogP contribution in [-0.2, 0) is 9.53 Å². The van der Waals surface area contributed by atoms with Crippen LogP contribution in [0.25, 0.3) is 0 Å². The maximum absolute atomic E-state index is 12.0. The summed E-state index contributed by atoms with van der Waals surface area (Å²) in [6.45, 7) is 7.07. The van der Waals surface area contributed by atoms with Crippen LogP contribution in [0.1, 0.15) is 46.5 Å². The summed E-state index contributed by atoms with van der Waals surface area (Å²) < 4.78 is 5.08. The predicted octanol–water partition coefficient (Wildman–Crippen LogP) is 1.99. The minimum absolute atomic E-state index is 0.0776. The molecule has 1 unspecified atom stereocenters. The fourth-order valence-electron chi connectivity index (χ4n) is 2.24. The first kappa shape index (κ1) is 17.8. The van der Waals surface area contributed by atoms with Gasteiger partial charge in [0.2, 0.25) is 0 Å². The summed E-state index contributed by atoms with van der Waals surface area (Å²) in [5.41, 5.74) is -0.125. The van der Waals surface area contributed by atoms with E-state index in [4.69, 9.17) is 9.84 Å². The summed E-state index contributed by atoms with van der Waals surface area (Å²) in [7, 11) is 1.68. The van der Waals surface area contributed by atoms with Crippen LogP contribution in [0.15, 0.2) is 0 Å². The van der Waals surface area contributed by atoms with E-state index in [2.05, 4.69) is 10.6 Å². The molecule has 1 aliphatic rings. The molecule has 1 atom stereocenters. The third kappa shape index (κ3) is 6.33. The van der Waals surface area contributed by atoms with E-state index >= 15 is 0 Å². The number of amides is 2. The van der Waals surface area contributed by atoms with Crippen molar-refractivity contribution < 1.29 is 19.4 Å². The molecule has 0 radical (unpaired) electrons. The quantitative estimate of drug-likeness (QED) is 0.639. The highest BCUT2D eigenvalue weighted by molar-refractivity contribution is 5.76. The molecule has 1 saturated carbocycles. The number of carbonyl (C=O) groups is 2. The van der Waals surface area contributed by atoms with Crippen molar-refractivity contribution in [2.24, 2.45) is 10.8 Å². The van der Waals surface area contributed by atoms with Crippen molar-refractivity contribution in [3.05, 3.63) is 0 Å². The van der Waals surface area contributed by atoms with Gasteiger partial charge in [-0.1, -0.05) is 20.8 Å². The second kappa shape index (κ2) is 7.11. The average Bonchev–Trinajstić information content (AvgIpc) is 3.12. The molecule has 0 heterocycles. The van der Waals surface area contributed by atoms with E-state index < -0.39 is 12.0 Å². The van der Waals surface area contributed by atoms with Gasteiger partial charge in [0, 0.05) is 26.3 Å². The maximum atomic E-state index is 12.0. The Kier molecular flexibility index (Phi) is 6.01. The van der Waals surface area contributed by atoms with Crippen LogP contribution >= 0.6 is 0 Å². The van der Waals surface area contributed by atoms with Gasteiger partial charge in [0.1, 0.15) is 0 Å². The van der Waals surface area contributed by atoms with Crippen molar-refractivity contribution in [3.63, 3.8) is 0 Å².